The third-order valence-electron chi connectivity index (χ3n) is 8.97. The molecule has 0 amide bonds. The number of hydrogen-bond acceptors (Lipinski definition) is 2. The van der Waals surface area contributed by atoms with Crippen LogP contribution in [0.5, 0.6) is 0 Å². The molecule has 0 saturated heterocycles. The molecule has 3 heteroatoms. The first kappa shape index (κ1) is 30.3. The minimum absolute atomic E-state index is 0.104. The summed E-state index contributed by atoms with van der Waals surface area (Å²) >= 11 is 0. The minimum atomic E-state index is 0.104. The number of hydrogen-bond donors (Lipinski definition) is 0. The van der Waals surface area contributed by atoms with E-state index < -0.39 is 0 Å². The fourth-order valence-electron chi connectivity index (χ4n) is 6.48. The maximum absolute atomic E-state index is 2.45. The number of benzene rings is 5. The van der Waals surface area contributed by atoms with Gasteiger partial charge in [0.1, 0.15) is 0 Å². The van der Waals surface area contributed by atoms with Gasteiger partial charge in [0, 0.05) is 60.0 Å². The van der Waals surface area contributed by atoms with Crippen molar-refractivity contribution in [3.8, 4) is 0 Å². The first-order chi connectivity index (χ1) is 22.2. The van der Waals surface area contributed by atoms with Crippen LogP contribution < -0.4 is 9.80 Å². The van der Waals surface area contributed by atoms with Gasteiger partial charge in [0.15, 0.2) is 0 Å². The summed E-state index contributed by atoms with van der Waals surface area (Å²) in [5.41, 5.74) is 10.1. The van der Waals surface area contributed by atoms with E-state index in [2.05, 4.69) is 175 Å². The molecule has 0 aliphatic heterocycles. The molecule has 228 valence electrons. The van der Waals surface area contributed by atoms with Gasteiger partial charge < -0.3 is 14.4 Å². The van der Waals surface area contributed by atoms with Gasteiger partial charge in [0.25, 0.3) is 0 Å². The number of unbranched alkanes of at least 4 members (excludes halogenated alkanes) is 2. The van der Waals surface area contributed by atoms with E-state index in [1.54, 1.807) is 0 Å². The van der Waals surface area contributed by atoms with Crippen LogP contribution in [-0.4, -0.2) is 17.7 Å². The number of rotatable bonds is 13. The summed E-state index contributed by atoms with van der Waals surface area (Å²) in [6.45, 7) is 6.53. The van der Waals surface area contributed by atoms with Crippen molar-refractivity contribution in [2.75, 3.05) is 22.9 Å². The molecule has 0 aliphatic carbocycles. The Bertz CT molecular complexity index is 1680. The second-order valence-electron chi connectivity index (χ2n) is 12.0. The molecular formula is C42H45N3. The second kappa shape index (κ2) is 14.3. The second-order valence-corrected chi connectivity index (χ2v) is 12.0. The maximum Gasteiger partial charge on any atom is 0.0493 e. The highest BCUT2D eigenvalue weighted by Gasteiger charge is 2.22. The molecule has 3 nitrogen and oxygen atoms in total. The summed E-state index contributed by atoms with van der Waals surface area (Å²) in [6, 6.07) is 51.2. The quantitative estimate of drug-likeness (QED) is 0.132. The standard InChI is InChI=1S/C42H45N3/c1-4-6-30-44(36-17-10-8-11-18-36)38-26-22-33(23-27-38)42(41-32-35-16-14-15-21-40(35)43(41)3)34-24-28-39(29-25-34)45(31-7-5-2)37-19-12-9-13-20-37/h8-29,32,42H,4-7,30-31H2,1-3H3. The van der Waals surface area contributed by atoms with E-state index in [-0.39, 0.29) is 5.92 Å². The van der Waals surface area contributed by atoms with Gasteiger partial charge in [-0.3, -0.25) is 0 Å². The lowest BCUT2D eigenvalue weighted by Crippen LogP contribution is -2.18. The SMILES string of the molecule is CCCCN(c1ccccc1)c1ccc(C(c2ccc(N(CCCC)c3ccccc3)cc2)c2cc3ccccc3n2C)cc1. The van der Waals surface area contributed by atoms with Crippen LogP contribution in [0.25, 0.3) is 10.9 Å². The van der Waals surface area contributed by atoms with Crippen LogP contribution in [0.1, 0.15) is 62.3 Å². The Morgan fingerprint density at radius 2 is 0.933 bits per heavy atom. The Morgan fingerprint density at radius 3 is 1.38 bits per heavy atom. The first-order valence-electron chi connectivity index (χ1n) is 16.6. The van der Waals surface area contributed by atoms with Gasteiger partial charge in [-0.25, -0.2) is 0 Å². The Morgan fingerprint density at radius 1 is 0.511 bits per heavy atom. The summed E-state index contributed by atoms with van der Waals surface area (Å²) in [5.74, 6) is 0.104. The van der Waals surface area contributed by atoms with Crippen molar-refractivity contribution in [1.82, 2.24) is 4.57 Å². The van der Waals surface area contributed by atoms with E-state index in [4.69, 9.17) is 0 Å². The summed E-state index contributed by atoms with van der Waals surface area (Å²) in [5, 5.41) is 1.28. The molecule has 45 heavy (non-hydrogen) atoms. The Labute approximate surface area is 269 Å². The molecule has 5 aromatic carbocycles. The van der Waals surface area contributed by atoms with Crippen LogP contribution in [0.2, 0.25) is 0 Å². The number of aromatic nitrogens is 1. The van der Waals surface area contributed by atoms with Gasteiger partial charge in [-0.1, -0.05) is 106 Å². The highest BCUT2D eigenvalue weighted by molar-refractivity contribution is 5.82. The summed E-state index contributed by atoms with van der Waals surface area (Å²) in [7, 11) is 2.21. The molecule has 0 spiro atoms. The van der Waals surface area contributed by atoms with Gasteiger partial charge in [-0.15, -0.1) is 0 Å². The predicted octanol–water partition coefficient (Wildman–Crippen LogP) is 11.2. The largest absolute Gasteiger partial charge is 0.347 e. The zero-order valence-electron chi connectivity index (χ0n) is 26.9. The van der Waals surface area contributed by atoms with E-state index in [0.717, 1.165) is 25.9 Å². The van der Waals surface area contributed by atoms with Gasteiger partial charge >= 0.3 is 0 Å². The van der Waals surface area contributed by atoms with Crippen molar-refractivity contribution >= 4 is 33.7 Å². The van der Waals surface area contributed by atoms with Crippen LogP contribution in [0.3, 0.4) is 0 Å². The van der Waals surface area contributed by atoms with Crippen molar-refractivity contribution in [3.63, 3.8) is 0 Å². The van der Waals surface area contributed by atoms with E-state index in [9.17, 15) is 0 Å². The molecule has 0 fully saturated rings. The zero-order chi connectivity index (χ0) is 31.0. The normalized spacial score (nSPS) is 11.3. The fraction of sp³-hybridized carbons (Fsp3) is 0.238. The summed E-state index contributed by atoms with van der Waals surface area (Å²) < 4.78 is 2.37. The maximum atomic E-state index is 2.45. The summed E-state index contributed by atoms with van der Waals surface area (Å²) in [4.78, 5) is 4.89. The van der Waals surface area contributed by atoms with Gasteiger partial charge in [-0.05, 0) is 90.0 Å². The van der Waals surface area contributed by atoms with Crippen molar-refractivity contribution in [3.05, 3.63) is 156 Å². The van der Waals surface area contributed by atoms with Gasteiger partial charge in [0.05, 0.1) is 0 Å². The molecule has 1 heterocycles. The number of nitrogens with zero attached hydrogens (tertiary/aromatic N) is 3. The third kappa shape index (κ3) is 6.68. The van der Waals surface area contributed by atoms with Crippen LogP contribution in [-0.2, 0) is 7.05 Å². The molecule has 6 rings (SSSR count). The first-order valence-corrected chi connectivity index (χ1v) is 16.6. The van der Waals surface area contributed by atoms with Crippen molar-refractivity contribution in [2.24, 2.45) is 7.05 Å². The molecule has 0 unspecified atom stereocenters. The van der Waals surface area contributed by atoms with Crippen LogP contribution in [0, 0.1) is 0 Å². The lowest BCUT2D eigenvalue weighted by Gasteiger charge is -2.27. The molecule has 0 radical (unpaired) electrons. The molecular weight excluding hydrogens is 546 g/mol. The van der Waals surface area contributed by atoms with E-state index >= 15 is 0 Å². The van der Waals surface area contributed by atoms with Crippen LogP contribution >= 0.6 is 0 Å². The Hall–Kier alpha value is -4.76. The van der Waals surface area contributed by atoms with Crippen molar-refractivity contribution in [1.29, 1.82) is 0 Å². The van der Waals surface area contributed by atoms with E-state index in [1.807, 2.05) is 0 Å². The average Bonchev–Trinajstić information content (AvgIpc) is 3.43. The molecule has 0 N–H and O–H groups in total. The highest BCUT2D eigenvalue weighted by Crippen LogP contribution is 2.38. The number of aryl methyl sites for hydroxylation is 1. The summed E-state index contributed by atoms with van der Waals surface area (Å²) in [6.07, 6.45) is 4.64. The lowest BCUT2D eigenvalue weighted by molar-refractivity contribution is 0.784. The van der Waals surface area contributed by atoms with E-state index in [0.29, 0.717) is 0 Å². The molecule has 0 atom stereocenters. The van der Waals surface area contributed by atoms with Gasteiger partial charge in [0.2, 0.25) is 0 Å². The zero-order valence-corrected chi connectivity index (χ0v) is 26.9. The lowest BCUT2D eigenvalue weighted by atomic mass is 9.88. The average molecular weight is 592 g/mol. The number of para-hydroxylation sites is 3. The highest BCUT2D eigenvalue weighted by atomic mass is 15.1. The van der Waals surface area contributed by atoms with Crippen LogP contribution in [0.4, 0.5) is 22.7 Å². The monoisotopic (exact) mass is 591 g/mol. The predicted molar refractivity (Wildman–Crippen MR) is 193 cm³/mol. The number of fused-ring (bicyclic) bond motifs is 1. The molecule has 0 saturated carbocycles. The molecule has 6 aromatic rings. The fourth-order valence-corrected chi connectivity index (χ4v) is 6.48. The minimum Gasteiger partial charge on any atom is -0.347 e. The Balaban J connectivity index is 1.40. The van der Waals surface area contributed by atoms with Gasteiger partial charge in [-0.2, -0.15) is 0 Å². The molecule has 0 bridgehead atoms. The molecule has 0 aliphatic rings. The Kier molecular flexibility index (Phi) is 9.65. The number of anilines is 4. The van der Waals surface area contributed by atoms with Crippen molar-refractivity contribution in [2.45, 2.75) is 45.4 Å². The third-order valence-corrected chi connectivity index (χ3v) is 8.97. The van der Waals surface area contributed by atoms with Crippen LogP contribution in [0.15, 0.2) is 140 Å². The van der Waals surface area contributed by atoms with Crippen molar-refractivity contribution < 1.29 is 0 Å². The molecule has 1 aromatic heterocycles. The topological polar surface area (TPSA) is 11.4 Å². The smallest absolute Gasteiger partial charge is 0.0493 e. The van der Waals surface area contributed by atoms with E-state index in [1.165, 1.54) is 63.3 Å².